The van der Waals surface area contributed by atoms with Gasteiger partial charge in [-0.05, 0) is 32.2 Å². The Hall–Kier alpha value is -2.54. The number of nitrogens with one attached hydrogen (secondary N) is 2. The van der Waals surface area contributed by atoms with Crippen LogP contribution in [0.4, 0.5) is 0 Å². The van der Waals surface area contributed by atoms with Gasteiger partial charge in [0.15, 0.2) is 11.5 Å². The molecule has 0 aliphatic rings. The Morgan fingerprint density at radius 3 is 2.79 bits per heavy atom. The van der Waals surface area contributed by atoms with E-state index in [1.165, 1.54) is 0 Å². The minimum Gasteiger partial charge on any atom is -0.493 e. The molecule has 24 heavy (non-hydrogen) atoms. The van der Waals surface area contributed by atoms with E-state index in [1.54, 1.807) is 36.2 Å². The van der Waals surface area contributed by atoms with E-state index in [-0.39, 0.29) is 11.9 Å². The van der Waals surface area contributed by atoms with Gasteiger partial charge in [0.25, 0.3) is 5.91 Å². The Labute approximate surface area is 142 Å². The Kier molecular flexibility index (Phi) is 6.20. The van der Waals surface area contributed by atoms with Crippen molar-refractivity contribution in [3.63, 3.8) is 0 Å². The van der Waals surface area contributed by atoms with E-state index in [9.17, 15) is 4.79 Å². The van der Waals surface area contributed by atoms with E-state index in [0.29, 0.717) is 30.2 Å². The molecule has 0 fully saturated rings. The molecule has 2 N–H and O–H groups in total. The lowest BCUT2D eigenvalue weighted by atomic mass is 10.2. The van der Waals surface area contributed by atoms with Crippen molar-refractivity contribution in [3.8, 4) is 11.5 Å². The summed E-state index contributed by atoms with van der Waals surface area (Å²) in [5.41, 5.74) is 1.49. The zero-order valence-corrected chi connectivity index (χ0v) is 14.5. The molecule has 0 radical (unpaired) electrons. The van der Waals surface area contributed by atoms with Crippen LogP contribution >= 0.6 is 0 Å². The number of rotatable bonds is 8. The number of amides is 1. The molecule has 1 aromatic carbocycles. The molecule has 0 bridgehead atoms. The Bertz CT molecular complexity index is 684. The SMILES string of the molecule is CNC(C)CNC(=O)c1ccc(OCc2cnn(C)c2)c(OC)c1. The van der Waals surface area contributed by atoms with E-state index >= 15 is 0 Å². The number of ether oxygens (including phenoxy) is 2. The Morgan fingerprint density at radius 1 is 1.38 bits per heavy atom. The maximum absolute atomic E-state index is 12.2. The first-order chi connectivity index (χ1) is 11.5. The highest BCUT2D eigenvalue weighted by Crippen LogP contribution is 2.28. The van der Waals surface area contributed by atoms with Crippen molar-refractivity contribution in [2.45, 2.75) is 19.6 Å². The summed E-state index contributed by atoms with van der Waals surface area (Å²) in [5, 5.41) is 10.0. The van der Waals surface area contributed by atoms with Crippen LogP contribution in [0.3, 0.4) is 0 Å². The topological polar surface area (TPSA) is 77.4 Å². The molecule has 7 nitrogen and oxygen atoms in total. The Balaban J connectivity index is 2.02. The number of carbonyl (C=O) groups excluding carboxylic acids is 1. The van der Waals surface area contributed by atoms with E-state index in [0.717, 1.165) is 5.56 Å². The summed E-state index contributed by atoms with van der Waals surface area (Å²) in [6.07, 6.45) is 3.63. The molecule has 130 valence electrons. The van der Waals surface area contributed by atoms with Gasteiger partial charge in [-0.2, -0.15) is 5.10 Å². The lowest BCUT2D eigenvalue weighted by molar-refractivity contribution is 0.0950. The molecule has 2 rings (SSSR count). The maximum atomic E-state index is 12.2. The summed E-state index contributed by atoms with van der Waals surface area (Å²) in [6.45, 7) is 2.93. The second-order valence-corrected chi connectivity index (χ2v) is 5.58. The van der Waals surface area contributed by atoms with Crippen molar-refractivity contribution >= 4 is 5.91 Å². The second-order valence-electron chi connectivity index (χ2n) is 5.58. The van der Waals surface area contributed by atoms with Crippen LogP contribution in [0, 0.1) is 0 Å². The van der Waals surface area contributed by atoms with E-state index in [4.69, 9.17) is 9.47 Å². The quantitative estimate of drug-likeness (QED) is 0.763. The van der Waals surface area contributed by atoms with Gasteiger partial charge in [-0.15, -0.1) is 0 Å². The van der Waals surface area contributed by atoms with Crippen molar-refractivity contribution < 1.29 is 14.3 Å². The number of carbonyl (C=O) groups is 1. The van der Waals surface area contributed by atoms with Crippen LogP contribution in [-0.2, 0) is 13.7 Å². The van der Waals surface area contributed by atoms with Crippen LogP contribution in [0.15, 0.2) is 30.6 Å². The number of nitrogens with zero attached hydrogens (tertiary/aromatic N) is 2. The van der Waals surface area contributed by atoms with Crippen LogP contribution in [0.25, 0.3) is 0 Å². The van der Waals surface area contributed by atoms with Crippen molar-refractivity contribution in [1.82, 2.24) is 20.4 Å². The molecule has 0 aliphatic heterocycles. The molecule has 1 amide bonds. The summed E-state index contributed by atoms with van der Waals surface area (Å²) in [6, 6.07) is 5.35. The van der Waals surface area contributed by atoms with Crippen LogP contribution < -0.4 is 20.1 Å². The summed E-state index contributed by atoms with van der Waals surface area (Å²) in [7, 11) is 5.26. The van der Waals surface area contributed by atoms with Crippen molar-refractivity contribution in [1.29, 1.82) is 0 Å². The first kappa shape index (κ1) is 17.8. The van der Waals surface area contributed by atoms with Gasteiger partial charge in [0.05, 0.1) is 13.3 Å². The monoisotopic (exact) mass is 332 g/mol. The number of benzene rings is 1. The van der Waals surface area contributed by atoms with Crippen LogP contribution in [-0.4, -0.2) is 42.4 Å². The number of aromatic nitrogens is 2. The third-order valence-corrected chi connectivity index (χ3v) is 3.64. The lowest BCUT2D eigenvalue weighted by Crippen LogP contribution is -2.37. The average molecular weight is 332 g/mol. The third-order valence-electron chi connectivity index (χ3n) is 3.64. The van der Waals surface area contributed by atoms with E-state index in [2.05, 4.69) is 15.7 Å². The molecule has 1 aromatic heterocycles. The molecule has 1 atom stereocenters. The molecule has 0 saturated carbocycles. The van der Waals surface area contributed by atoms with Gasteiger partial charge in [-0.1, -0.05) is 0 Å². The highest BCUT2D eigenvalue weighted by atomic mass is 16.5. The normalized spacial score (nSPS) is 11.8. The van der Waals surface area contributed by atoms with Crippen molar-refractivity contribution in [2.24, 2.45) is 7.05 Å². The van der Waals surface area contributed by atoms with Gasteiger partial charge in [-0.3, -0.25) is 9.48 Å². The fourth-order valence-electron chi connectivity index (χ4n) is 2.09. The first-order valence-corrected chi connectivity index (χ1v) is 7.77. The fourth-order valence-corrected chi connectivity index (χ4v) is 2.09. The largest absolute Gasteiger partial charge is 0.493 e. The highest BCUT2D eigenvalue weighted by Gasteiger charge is 2.12. The molecule has 2 aromatic rings. The predicted molar refractivity (Wildman–Crippen MR) is 91.4 cm³/mol. The van der Waals surface area contributed by atoms with Gasteiger partial charge in [0.1, 0.15) is 6.61 Å². The van der Waals surface area contributed by atoms with E-state index in [1.807, 2.05) is 27.2 Å². The molecule has 1 unspecified atom stereocenters. The minimum absolute atomic E-state index is 0.144. The standard InChI is InChI=1S/C17H24N4O3/c1-12(18-2)8-19-17(22)14-5-6-15(16(7-14)23-4)24-11-13-9-20-21(3)10-13/h5-7,9-10,12,18H,8,11H2,1-4H3,(H,19,22). The van der Waals surface area contributed by atoms with Gasteiger partial charge >= 0.3 is 0 Å². The van der Waals surface area contributed by atoms with Gasteiger partial charge in [-0.25, -0.2) is 0 Å². The zero-order valence-electron chi connectivity index (χ0n) is 14.5. The highest BCUT2D eigenvalue weighted by molar-refractivity contribution is 5.94. The maximum Gasteiger partial charge on any atom is 0.251 e. The van der Waals surface area contributed by atoms with Crippen LogP contribution in [0.2, 0.25) is 0 Å². The molecule has 0 saturated heterocycles. The first-order valence-electron chi connectivity index (χ1n) is 7.77. The molecule has 0 aliphatic carbocycles. The third kappa shape index (κ3) is 4.73. The number of methoxy groups -OCH3 is 1. The van der Waals surface area contributed by atoms with Crippen LogP contribution in [0.1, 0.15) is 22.8 Å². The summed E-state index contributed by atoms with van der Waals surface area (Å²) in [4.78, 5) is 12.2. The van der Waals surface area contributed by atoms with E-state index < -0.39 is 0 Å². The molecular weight excluding hydrogens is 308 g/mol. The van der Waals surface area contributed by atoms with Crippen LogP contribution in [0.5, 0.6) is 11.5 Å². The van der Waals surface area contributed by atoms with Gasteiger partial charge in [0.2, 0.25) is 0 Å². The zero-order chi connectivity index (χ0) is 17.5. The predicted octanol–water partition coefficient (Wildman–Crippen LogP) is 1.35. The number of hydrogen-bond acceptors (Lipinski definition) is 5. The number of aryl methyl sites for hydroxylation is 1. The van der Waals surface area contributed by atoms with Crippen molar-refractivity contribution in [3.05, 3.63) is 41.7 Å². The van der Waals surface area contributed by atoms with Gasteiger partial charge in [0, 0.05) is 37.0 Å². The summed E-state index contributed by atoms with van der Waals surface area (Å²) >= 11 is 0. The van der Waals surface area contributed by atoms with Gasteiger partial charge < -0.3 is 20.1 Å². The number of likely N-dealkylation sites (N-methyl/N-ethyl adjacent to an activating group) is 1. The second kappa shape index (κ2) is 8.35. The van der Waals surface area contributed by atoms with Crippen molar-refractivity contribution in [2.75, 3.05) is 20.7 Å². The summed E-state index contributed by atoms with van der Waals surface area (Å²) < 4.78 is 12.8. The average Bonchev–Trinajstić information content (AvgIpc) is 3.02. The molecular formula is C17H24N4O3. The lowest BCUT2D eigenvalue weighted by Gasteiger charge is -2.13. The number of hydrogen-bond donors (Lipinski definition) is 2. The molecule has 1 heterocycles. The molecule has 7 heteroatoms. The summed E-state index contributed by atoms with van der Waals surface area (Å²) in [5.74, 6) is 0.962. The minimum atomic E-state index is -0.144. The smallest absolute Gasteiger partial charge is 0.251 e. The molecule has 0 spiro atoms. The fraction of sp³-hybridized carbons (Fsp3) is 0.412. The Morgan fingerprint density at radius 2 is 2.17 bits per heavy atom.